The van der Waals surface area contributed by atoms with Crippen LogP contribution >= 0.6 is 0 Å². The van der Waals surface area contributed by atoms with Crippen LogP contribution in [-0.2, 0) is 9.53 Å². The van der Waals surface area contributed by atoms with E-state index in [2.05, 4.69) is 23.8 Å². The summed E-state index contributed by atoms with van der Waals surface area (Å²) in [6.07, 6.45) is 19.2. The summed E-state index contributed by atoms with van der Waals surface area (Å²) in [5.41, 5.74) is 1.71. The van der Waals surface area contributed by atoms with Gasteiger partial charge in [-0.3, -0.25) is 4.79 Å². The minimum absolute atomic E-state index is 0.465. The first-order valence-corrected chi connectivity index (χ1v) is 14.5. The summed E-state index contributed by atoms with van der Waals surface area (Å²) in [6.45, 7) is 6.68. The van der Waals surface area contributed by atoms with E-state index in [0.717, 1.165) is 56.4 Å². The van der Waals surface area contributed by atoms with Crippen LogP contribution in [0.3, 0.4) is 0 Å². The number of benzene rings is 1. The van der Waals surface area contributed by atoms with Crippen molar-refractivity contribution < 1.29 is 19.4 Å². The number of carboxylic acid groups (broad SMARTS) is 1. The molecule has 6 nitrogen and oxygen atoms in total. The van der Waals surface area contributed by atoms with Gasteiger partial charge in [0.25, 0.3) is 0 Å². The van der Waals surface area contributed by atoms with E-state index in [1.165, 1.54) is 51.4 Å². The van der Waals surface area contributed by atoms with Crippen molar-refractivity contribution in [1.29, 1.82) is 0 Å². The summed E-state index contributed by atoms with van der Waals surface area (Å²) in [6, 6.07) is 7.62. The van der Waals surface area contributed by atoms with Gasteiger partial charge in [0, 0.05) is 18.8 Å². The quantitative estimate of drug-likeness (QED) is 0.160. The average Bonchev–Trinajstić information content (AvgIpc) is 2.92. The zero-order valence-corrected chi connectivity index (χ0v) is 23.1. The van der Waals surface area contributed by atoms with Gasteiger partial charge in [-0.25, -0.2) is 9.97 Å². The molecular weight excluding hydrogens is 464 g/mol. The molecule has 1 N–H and O–H groups in total. The fraction of sp³-hybridized carbons (Fsp3) is 0.645. The molecular formula is C31H48N2O4. The van der Waals surface area contributed by atoms with Crippen molar-refractivity contribution in [3.8, 4) is 17.1 Å². The first-order valence-electron chi connectivity index (χ1n) is 14.5. The van der Waals surface area contributed by atoms with Gasteiger partial charge >= 0.3 is 5.97 Å². The molecule has 0 amide bonds. The lowest BCUT2D eigenvalue weighted by Gasteiger charge is -2.13. The maximum Gasteiger partial charge on any atom is 0.310 e. The summed E-state index contributed by atoms with van der Waals surface area (Å²) >= 11 is 0. The van der Waals surface area contributed by atoms with E-state index in [1.54, 1.807) is 12.4 Å². The zero-order chi connectivity index (χ0) is 26.6. The third-order valence-electron chi connectivity index (χ3n) is 6.69. The van der Waals surface area contributed by atoms with Crippen molar-refractivity contribution in [3.05, 3.63) is 42.2 Å². The monoisotopic (exact) mass is 512 g/mol. The van der Waals surface area contributed by atoms with Crippen molar-refractivity contribution in [2.24, 2.45) is 0 Å². The molecule has 0 saturated carbocycles. The largest absolute Gasteiger partial charge is 0.490 e. The molecule has 0 bridgehead atoms. The lowest BCUT2D eigenvalue weighted by molar-refractivity contribution is -0.139. The van der Waals surface area contributed by atoms with Gasteiger partial charge < -0.3 is 14.6 Å². The number of aromatic nitrogens is 2. The number of carboxylic acids is 1. The molecule has 2 aromatic rings. The Balaban J connectivity index is 1.71. The second kappa shape index (κ2) is 19.6. The summed E-state index contributed by atoms with van der Waals surface area (Å²) in [5, 5.41) is 9.74. The molecule has 0 aliphatic carbocycles. The Morgan fingerprint density at radius 2 is 1.30 bits per heavy atom. The van der Waals surface area contributed by atoms with E-state index in [0.29, 0.717) is 24.6 Å². The van der Waals surface area contributed by atoms with E-state index < -0.39 is 11.9 Å². The summed E-state index contributed by atoms with van der Waals surface area (Å²) in [5.74, 6) is 0.0404. The molecule has 0 radical (unpaired) electrons. The van der Waals surface area contributed by atoms with Gasteiger partial charge in [-0.05, 0) is 31.2 Å². The number of unbranched alkanes of at least 4 members (excludes halogenated alkanes) is 10. The summed E-state index contributed by atoms with van der Waals surface area (Å²) in [4.78, 5) is 20.7. The predicted molar refractivity (Wildman–Crippen MR) is 150 cm³/mol. The molecule has 1 aromatic heterocycles. The van der Waals surface area contributed by atoms with Crippen LogP contribution in [0.5, 0.6) is 5.75 Å². The molecule has 0 aliphatic rings. The van der Waals surface area contributed by atoms with Crippen LogP contribution in [0.25, 0.3) is 11.4 Å². The predicted octanol–water partition coefficient (Wildman–Crippen LogP) is 8.21. The molecule has 1 atom stereocenters. The van der Waals surface area contributed by atoms with Gasteiger partial charge in [0.1, 0.15) is 0 Å². The van der Waals surface area contributed by atoms with Crippen molar-refractivity contribution in [1.82, 2.24) is 9.97 Å². The molecule has 0 aliphatic heterocycles. The summed E-state index contributed by atoms with van der Waals surface area (Å²) < 4.78 is 11.4. The average molecular weight is 513 g/mol. The van der Waals surface area contributed by atoms with Crippen LogP contribution in [0.15, 0.2) is 36.7 Å². The zero-order valence-electron chi connectivity index (χ0n) is 23.1. The minimum Gasteiger partial charge on any atom is -0.490 e. The lowest BCUT2D eigenvalue weighted by Crippen LogP contribution is -2.11. The van der Waals surface area contributed by atoms with Gasteiger partial charge in [0.15, 0.2) is 11.6 Å². The maximum absolute atomic E-state index is 11.9. The number of nitrogens with zero attached hydrogens (tertiary/aromatic N) is 2. The van der Waals surface area contributed by atoms with Crippen molar-refractivity contribution >= 4 is 5.97 Å². The van der Waals surface area contributed by atoms with Crippen molar-refractivity contribution in [2.75, 3.05) is 19.8 Å². The Labute approximate surface area is 224 Å². The van der Waals surface area contributed by atoms with Gasteiger partial charge in [-0.15, -0.1) is 0 Å². The molecule has 37 heavy (non-hydrogen) atoms. The Hall–Kier alpha value is -2.47. The minimum atomic E-state index is -0.755. The highest BCUT2D eigenvalue weighted by Crippen LogP contribution is 2.26. The van der Waals surface area contributed by atoms with Gasteiger partial charge in [0.2, 0.25) is 0 Å². The first-order chi connectivity index (χ1) is 18.2. The smallest absolute Gasteiger partial charge is 0.310 e. The SMILES string of the molecule is CCCCCCCCCC(C(=O)O)c1ccc(-c2ncc(OCCCCOCCCCCC)cn2)cc1. The highest BCUT2D eigenvalue weighted by Gasteiger charge is 2.19. The van der Waals surface area contributed by atoms with E-state index in [1.807, 2.05) is 24.3 Å². The van der Waals surface area contributed by atoms with E-state index in [-0.39, 0.29) is 0 Å². The van der Waals surface area contributed by atoms with E-state index in [9.17, 15) is 9.90 Å². The third-order valence-corrected chi connectivity index (χ3v) is 6.69. The molecule has 0 fully saturated rings. The second-order valence-electron chi connectivity index (χ2n) is 9.89. The first kappa shape index (κ1) is 30.8. The normalized spacial score (nSPS) is 11.9. The Kier molecular flexibility index (Phi) is 16.3. The fourth-order valence-corrected chi connectivity index (χ4v) is 4.37. The van der Waals surface area contributed by atoms with Crippen LogP contribution in [0, 0.1) is 0 Å². The second-order valence-corrected chi connectivity index (χ2v) is 9.89. The van der Waals surface area contributed by atoms with Gasteiger partial charge in [0.05, 0.1) is 24.9 Å². The number of carbonyl (C=O) groups is 1. The number of rotatable bonds is 22. The van der Waals surface area contributed by atoms with Crippen LogP contribution in [0.4, 0.5) is 0 Å². The van der Waals surface area contributed by atoms with Crippen LogP contribution < -0.4 is 4.74 Å². The Bertz CT molecular complexity index is 839. The standard InChI is InChI=1S/C31H48N2O4/c1-3-5-7-9-10-11-12-16-29(31(34)35)26-17-19-27(20-18-26)30-32-24-28(25-33-30)37-23-15-14-22-36-21-13-8-6-4-2/h17-20,24-25,29H,3-16,21-23H2,1-2H3,(H,34,35). The van der Waals surface area contributed by atoms with Gasteiger partial charge in [-0.2, -0.15) is 0 Å². The molecule has 1 unspecified atom stereocenters. The van der Waals surface area contributed by atoms with Crippen molar-refractivity contribution in [2.45, 2.75) is 110 Å². The molecule has 0 spiro atoms. The van der Waals surface area contributed by atoms with Crippen LogP contribution in [0.2, 0.25) is 0 Å². The Morgan fingerprint density at radius 1 is 0.757 bits per heavy atom. The molecule has 6 heteroatoms. The third kappa shape index (κ3) is 13.1. The number of hydrogen-bond acceptors (Lipinski definition) is 5. The molecule has 206 valence electrons. The van der Waals surface area contributed by atoms with E-state index in [4.69, 9.17) is 9.47 Å². The topological polar surface area (TPSA) is 81.5 Å². The highest BCUT2D eigenvalue weighted by atomic mass is 16.5. The molecule has 0 saturated heterocycles. The van der Waals surface area contributed by atoms with Gasteiger partial charge in [-0.1, -0.05) is 102 Å². The number of ether oxygens (including phenoxy) is 2. The highest BCUT2D eigenvalue weighted by molar-refractivity contribution is 5.76. The molecule has 1 aromatic carbocycles. The lowest BCUT2D eigenvalue weighted by atomic mass is 9.92. The molecule has 1 heterocycles. The van der Waals surface area contributed by atoms with Crippen LogP contribution in [-0.4, -0.2) is 40.9 Å². The number of aliphatic carboxylic acids is 1. The number of hydrogen-bond donors (Lipinski definition) is 1. The fourth-order valence-electron chi connectivity index (χ4n) is 4.37. The van der Waals surface area contributed by atoms with Crippen LogP contribution in [0.1, 0.15) is 115 Å². The summed E-state index contributed by atoms with van der Waals surface area (Å²) in [7, 11) is 0. The molecule has 2 rings (SSSR count). The Morgan fingerprint density at radius 3 is 1.92 bits per heavy atom. The van der Waals surface area contributed by atoms with E-state index >= 15 is 0 Å². The maximum atomic E-state index is 11.9. The van der Waals surface area contributed by atoms with Crippen molar-refractivity contribution in [3.63, 3.8) is 0 Å².